The summed E-state index contributed by atoms with van der Waals surface area (Å²) in [7, 11) is 3.56. The lowest BCUT2D eigenvalue weighted by atomic mass is 10.1. The zero-order valence-corrected chi connectivity index (χ0v) is 16.9. The number of carbonyl (C=O) groups is 3. The number of rotatable bonds is 7. The van der Waals surface area contributed by atoms with Gasteiger partial charge in [-0.05, 0) is 30.3 Å². The smallest absolute Gasteiger partial charge is 0.354 e. The van der Waals surface area contributed by atoms with Crippen molar-refractivity contribution in [1.82, 2.24) is 0 Å². The molecular formula is C21H19NO9. The molecule has 0 bridgehead atoms. The zero-order chi connectivity index (χ0) is 22.4. The van der Waals surface area contributed by atoms with Crippen molar-refractivity contribution < 1.29 is 42.8 Å². The Hall–Kier alpha value is -4.21. The van der Waals surface area contributed by atoms with E-state index in [1.165, 1.54) is 32.4 Å². The van der Waals surface area contributed by atoms with Crippen LogP contribution in [0.25, 0.3) is 0 Å². The highest BCUT2D eigenvalue weighted by Crippen LogP contribution is 2.38. The number of hydrogen-bond donors (Lipinski definition) is 1. The zero-order valence-electron chi connectivity index (χ0n) is 16.9. The van der Waals surface area contributed by atoms with Gasteiger partial charge in [-0.2, -0.15) is 0 Å². The first kappa shape index (κ1) is 21.5. The maximum absolute atomic E-state index is 12.1. The van der Waals surface area contributed by atoms with Crippen LogP contribution in [0.15, 0.2) is 48.2 Å². The fraction of sp³-hybridized carbons (Fsp3) is 0.190. The second kappa shape index (κ2) is 9.53. The van der Waals surface area contributed by atoms with E-state index in [2.05, 4.69) is 10.1 Å². The highest BCUT2D eigenvalue weighted by Gasteiger charge is 2.19. The van der Waals surface area contributed by atoms with E-state index < -0.39 is 17.9 Å². The van der Waals surface area contributed by atoms with Gasteiger partial charge in [0.15, 0.2) is 17.2 Å². The Balaban J connectivity index is 1.98. The Bertz CT molecular complexity index is 1050. The van der Waals surface area contributed by atoms with Crippen molar-refractivity contribution in [2.45, 2.75) is 0 Å². The molecule has 1 N–H and O–H groups in total. The Kier molecular flexibility index (Phi) is 6.61. The molecule has 0 radical (unpaired) electrons. The summed E-state index contributed by atoms with van der Waals surface area (Å²) in [5.74, 6) is -0.465. The van der Waals surface area contributed by atoms with E-state index in [4.69, 9.17) is 23.7 Å². The van der Waals surface area contributed by atoms with Crippen molar-refractivity contribution in [3.8, 4) is 23.0 Å². The first-order valence-electron chi connectivity index (χ1n) is 8.90. The summed E-state index contributed by atoms with van der Waals surface area (Å²) in [6.45, 7) is 0.111. The summed E-state index contributed by atoms with van der Waals surface area (Å²) in [5.41, 5.74) is 0.151. The fourth-order valence-electron chi connectivity index (χ4n) is 2.61. The van der Waals surface area contributed by atoms with Crippen LogP contribution in [-0.4, -0.2) is 46.0 Å². The molecule has 0 amide bonds. The molecule has 10 heteroatoms. The van der Waals surface area contributed by atoms with Crippen molar-refractivity contribution in [2.24, 2.45) is 0 Å². The number of fused-ring (bicyclic) bond motifs is 1. The Morgan fingerprint density at radius 1 is 0.935 bits per heavy atom. The largest absolute Gasteiger partial charge is 0.466 e. The molecule has 0 unspecified atom stereocenters. The summed E-state index contributed by atoms with van der Waals surface area (Å²) < 4.78 is 30.5. The predicted molar refractivity (Wildman–Crippen MR) is 106 cm³/mol. The molecule has 0 saturated heterocycles. The minimum atomic E-state index is -0.831. The molecule has 2 aromatic carbocycles. The second-order valence-electron chi connectivity index (χ2n) is 6.02. The maximum atomic E-state index is 12.1. The second-order valence-corrected chi connectivity index (χ2v) is 6.02. The maximum Gasteiger partial charge on any atom is 0.354 e. The van der Waals surface area contributed by atoms with Crippen molar-refractivity contribution in [3.05, 3.63) is 53.7 Å². The van der Waals surface area contributed by atoms with E-state index in [9.17, 15) is 14.4 Å². The molecule has 0 fully saturated rings. The van der Waals surface area contributed by atoms with Gasteiger partial charge in [0.05, 0.1) is 38.7 Å². The van der Waals surface area contributed by atoms with Crippen molar-refractivity contribution in [3.63, 3.8) is 0 Å². The highest BCUT2D eigenvalue weighted by atomic mass is 16.7. The van der Waals surface area contributed by atoms with Gasteiger partial charge in [-0.1, -0.05) is 0 Å². The summed E-state index contributed by atoms with van der Waals surface area (Å²) in [6.07, 6.45) is 0.918. The number of benzene rings is 2. The van der Waals surface area contributed by atoms with Crippen molar-refractivity contribution in [1.29, 1.82) is 0 Å². The lowest BCUT2D eigenvalue weighted by Crippen LogP contribution is -2.16. The third-order valence-corrected chi connectivity index (χ3v) is 4.11. The summed E-state index contributed by atoms with van der Waals surface area (Å²) in [4.78, 5) is 35.7. The lowest BCUT2D eigenvalue weighted by molar-refractivity contribution is -0.138. The van der Waals surface area contributed by atoms with Gasteiger partial charge in [0, 0.05) is 6.07 Å². The highest BCUT2D eigenvalue weighted by molar-refractivity contribution is 5.99. The molecule has 0 atom stereocenters. The van der Waals surface area contributed by atoms with Crippen molar-refractivity contribution >= 4 is 23.6 Å². The molecule has 10 nitrogen and oxygen atoms in total. The number of nitrogens with one attached hydrogen (secondary N) is 1. The molecule has 162 valence electrons. The molecule has 31 heavy (non-hydrogen) atoms. The number of anilines is 1. The molecule has 1 aliphatic rings. The van der Waals surface area contributed by atoms with Crippen LogP contribution >= 0.6 is 0 Å². The van der Waals surface area contributed by atoms with Crippen molar-refractivity contribution in [2.75, 3.05) is 33.4 Å². The van der Waals surface area contributed by atoms with Gasteiger partial charge in [-0.25, -0.2) is 14.4 Å². The molecule has 0 spiro atoms. The fourth-order valence-corrected chi connectivity index (χ4v) is 2.61. The monoisotopic (exact) mass is 429 g/mol. The normalized spacial score (nSPS) is 12.0. The van der Waals surface area contributed by atoms with Crippen LogP contribution in [0.1, 0.15) is 10.4 Å². The molecule has 1 heterocycles. The van der Waals surface area contributed by atoms with E-state index in [-0.39, 0.29) is 29.5 Å². The van der Waals surface area contributed by atoms with Crippen LogP contribution in [0.4, 0.5) is 5.69 Å². The first-order chi connectivity index (χ1) is 14.9. The van der Waals surface area contributed by atoms with Gasteiger partial charge in [-0.3, -0.25) is 0 Å². The minimum Gasteiger partial charge on any atom is -0.466 e. The standard InChI is InChI=1S/C21H19NO9/c1-26-19(23)10-15(21(25)28-3)22-14-8-12(20(24)27-2)4-6-16(14)31-13-5-7-17-18(9-13)30-11-29-17/h4-10,22H,11H2,1-3H3/b15-10+. The lowest BCUT2D eigenvalue weighted by Gasteiger charge is -2.15. The van der Waals surface area contributed by atoms with Gasteiger partial charge < -0.3 is 33.7 Å². The topological polar surface area (TPSA) is 119 Å². The van der Waals surface area contributed by atoms with Gasteiger partial charge >= 0.3 is 17.9 Å². The van der Waals surface area contributed by atoms with E-state index >= 15 is 0 Å². The van der Waals surface area contributed by atoms with E-state index in [1.54, 1.807) is 18.2 Å². The number of carbonyl (C=O) groups excluding carboxylic acids is 3. The molecule has 1 aliphatic heterocycles. The van der Waals surface area contributed by atoms with Crippen LogP contribution in [-0.2, 0) is 23.8 Å². The quantitative estimate of drug-likeness (QED) is 0.400. The predicted octanol–water partition coefficient (Wildman–Crippen LogP) is 2.64. The molecule has 3 rings (SSSR count). The summed E-state index contributed by atoms with van der Waals surface area (Å²) in [5, 5.41) is 2.75. The Labute approximate surface area is 177 Å². The van der Waals surface area contributed by atoms with E-state index in [0.29, 0.717) is 17.2 Å². The molecule has 0 aliphatic carbocycles. The minimum absolute atomic E-state index is 0.111. The third-order valence-electron chi connectivity index (χ3n) is 4.11. The van der Waals surface area contributed by atoms with Gasteiger partial charge in [0.1, 0.15) is 11.4 Å². The van der Waals surface area contributed by atoms with Gasteiger partial charge in [0.25, 0.3) is 0 Å². The summed E-state index contributed by atoms with van der Waals surface area (Å²) >= 11 is 0. The summed E-state index contributed by atoms with van der Waals surface area (Å²) in [6, 6.07) is 9.38. The van der Waals surface area contributed by atoms with Crippen LogP contribution < -0.4 is 19.5 Å². The van der Waals surface area contributed by atoms with Crippen LogP contribution in [0.2, 0.25) is 0 Å². The number of esters is 3. The first-order valence-corrected chi connectivity index (χ1v) is 8.90. The van der Waals surface area contributed by atoms with Crippen LogP contribution in [0, 0.1) is 0 Å². The van der Waals surface area contributed by atoms with E-state index in [1.807, 2.05) is 0 Å². The molecular weight excluding hydrogens is 410 g/mol. The molecule has 0 saturated carbocycles. The number of methoxy groups -OCH3 is 3. The average Bonchev–Trinajstić information content (AvgIpc) is 3.26. The third kappa shape index (κ3) is 5.04. The van der Waals surface area contributed by atoms with Gasteiger partial charge in [0.2, 0.25) is 6.79 Å². The Morgan fingerprint density at radius 2 is 1.71 bits per heavy atom. The molecule has 2 aromatic rings. The van der Waals surface area contributed by atoms with E-state index in [0.717, 1.165) is 13.2 Å². The van der Waals surface area contributed by atoms with Gasteiger partial charge in [-0.15, -0.1) is 0 Å². The van der Waals surface area contributed by atoms with Crippen LogP contribution in [0.3, 0.4) is 0 Å². The number of hydrogen-bond acceptors (Lipinski definition) is 10. The SMILES string of the molecule is COC(=O)/C=C(/Nc1cc(C(=O)OC)ccc1Oc1ccc2c(c1)OCO2)C(=O)OC. The Morgan fingerprint density at radius 3 is 2.42 bits per heavy atom. The molecule has 0 aromatic heterocycles. The average molecular weight is 429 g/mol. The van der Waals surface area contributed by atoms with Crippen LogP contribution in [0.5, 0.6) is 23.0 Å². The number of ether oxygens (including phenoxy) is 6.